The predicted octanol–water partition coefficient (Wildman–Crippen LogP) is 2.10. The molecule has 4 rings (SSSR count). The average Bonchev–Trinajstić information content (AvgIpc) is 3.31. The minimum Gasteiger partial charge on any atom is -0.383 e. The highest BCUT2D eigenvalue weighted by atomic mass is 16.5. The number of likely N-dealkylation sites (tertiary alicyclic amines) is 1. The number of fused-ring (bicyclic) bond motifs is 1. The summed E-state index contributed by atoms with van der Waals surface area (Å²) in [5, 5.41) is 0. The normalized spacial score (nSPS) is 17.1. The highest BCUT2D eigenvalue weighted by molar-refractivity contribution is 5.92. The standard InChI is InChI=1S/C19H21N5O2/c1-26-12-11-24-17(22-15-6-4-9-21-18(15)24)14-7-10-23(13-14)19(25)16-5-2-3-8-20-16/h2-6,8-9,14H,7,10-13H2,1H3. The maximum atomic E-state index is 12.7. The molecule has 1 atom stereocenters. The van der Waals surface area contributed by atoms with Crippen LogP contribution in [0.3, 0.4) is 0 Å². The number of methoxy groups -OCH3 is 1. The summed E-state index contributed by atoms with van der Waals surface area (Å²) in [6.45, 7) is 2.65. The zero-order chi connectivity index (χ0) is 17.9. The maximum absolute atomic E-state index is 12.7. The van der Waals surface area contributed by atoms with Gasteiger partial charge in [0.2, 0.25) is 0 Å². The Hall–Kier alpha value is -2.80. The van der Waals surface area contributed by atoms with E-state index in [0.717, 1.165) is 23.4 Å². The average molecular weight is 351 g/mol. The Labute approximate surface area is 151 Å². The molecule has 3 aromatic rings. The Morgan fingerprint density at radius 1 is 1.23 bits per heavy atom. The van der Waals surface area contributed by atoms with Crippen molar-refractivity contribution in [3.63, 3.8) is 0 Å². The number of hydrogen-bond acceptors (Lipinski definition) is 5. The van der Waals surface area contributed by atoms with Crippen LogP contribution >= 0.6 is 0 Å². The van der Waals surface area contributed by atoms with Crippen molar-refractivity contribution in [1.29, 1.82) is 0 Å². The van der Waals surface area contributed by atoms with Crippen LogP contribution in [-0.2, 0) is 11.3 Å². The van der Waals surface area contributed by atoms with Crippen LogP contribution in [0.5, 0.6) is 0 Å². The molecule has 1 aliphatic heterocycles. The van der Waals surface area contributed by atoms with Crippen LogP contribution in [0.4, 0.5) is 0 Å². The van der Waals surface area contributed by atoms with E-state index < -0.39 is 0 Å². The molecule has 7 nitrogen and oxygen atoms in total. The molecule has 0 bridgehead atoms. The van der Waals surface area contributed by atoms with E-state index in [9.17, 15) is 4.79 Å². The molecule has 1 unspecified atom stereocenters. The summed E-state index contributed by atoms with van der Waals surface area (Å²) in [6.07, 6.45) is 4.31. The molecule has 0 spiro atoms. The molecular formula is C19H21N5O2. The fourth-order valence-electron chi connectivity index (χ4n) is 3.50. The van der Waals surface area contributed by atoms with Crippen molar-refractivity contribution in [3.05, 3.63) is 54.2 Å². The highest BCUT2D eigenvalue weighted by Crippen LogP contribution is 2.29. The third kappa shape index (κ3) is 3.06. The highest BCUT2D eigenvalue weighted by Gasteiger charge is 2.32. The van der Waals surface area contributed by atoms with Crippen molar-refractivity contribution in [2.75, 3.05) is 26.8 Å². The molecule has 0 saturated carbocycles. The number of carbonyl (C=O) groups excluding carboxylic acids is 1. The van der Waals surface area contributed by atoms with E-state index in [-0.39, 0.29) is 11.8 Å². The molecule has 1 saturated heterocycles. The lowest BCUT2D eigenvalue weighted by atomic mass is 10.1. The molecular weight excluding hydrogens is 330 g/mol. The number of pyridine rings is 2. The minimum atomic E-state index is -0.0224. The fourth-order valence-corrected chi connectivity index (χ4v) is 3.50. The predicted molar refractivity (Wildman–Crippen MR) is 96.9 cm³/mol. The topological polar surface area (TPSA) is 73.1 Å². The zero-order valence-corrected chi connectivity index (χ0v) is 14.7. The van der Waals surface area contributed by atoms with Crippen LogP contribution in [0.1, 0.15) is 28.7 Å². The van der Waals surface area contributed by atoms with E-state index in [1.807, 2.05) is 29.2 Å². The van der Waals surface area contributed by atoms with Crippen LogP contribution in [0.15, 0.2) is 42.7 Å². The second-order valence-electron chi connectivity index (χ2n) is 6.41. The molecule has 134 valence electrons. The van der Waals surface area contributed by atoms with Crippen molar-refractivity contribution in [1.82, 2.24) is 24.4 Å². The summed E-state index contributed by atoms with van der Waals surface area (Å²) in [6, 6.07) is 9.28. The number of imidazole rings is 1. The van der Waals surface area contributed by atoms with Crippen molar-refractivity contribution >= 4 is 17.1 Å². The van der Waals surface area contributed by atoms with E-state index in [0.29, 0.717) is 31.9 Å². The van der Waals surface area contributed by atoms with E-state index in [1.165, 1.54) is 0 Å². The van der Waals surface area contributed by atoms with Gasteiger partial charge in [0.1, 0.15) is 17.0 Å². The second-order valence-corrected chi connectivity index (χ2v) is 6.41. The van der Waals surface area contributed by atoms with Gasteiger partial charge in [0.15, 0.2) is 5.65 Å². The molecule has 1 fully saturated rings. The van der Waals surface area contributed by atoms with Crippen LogP contribution in [0.2, 0.25) is 0 Å². The zero-order valence-electron chi connectivity index (χ0n) is 14.7. The fraction of sp³-hybridized carbons (Fsp3) is 0.368. The third-order valence-corrected chi connectivity index (χ3v) is 4.78. The minimum absolute atomic E-state index is 0.0224. The van der Waals surface area contributed by atoms with E-state index in [1.54, 1.807) is 25.6 Å². The van der Waals surface area contributed by atoms with Gasteiger partial charge in [0.05, 0.1) is 6.61 Å². The molecule has 26 heavy (non-hydrogen) atoms. The monoisotopic (exact) mass is 351 g/mol. The van der Waals surface area contributed by atoms with Crippen LogP contribution in [0.25, 0.3) is 11.2 Å². The van der Waals surface area contributed by atoms with E-state index in [4.69, 9.17) is 9.72 Å². The Morgan fingerprint density at radius 3 is 2.92 bits per heavy atom. The lowest BCUT2D eigenvalue weighted by Gasteiger charge is -2.16. The Morgan fingerprint density at radius 2 is 2.12 bits per heavy atom. The number of carbonyl (C=O) groups is 1. The van der Waals surface area contributed by atoms with Gasteiger partial charge < -0.3 is 14.2 Å². The lowest BCUT2D eigenvalue weighted by Crippen LogP contribution is -2.29. The van der Waals surface area contributed by atoms with Crippen LogP contribution < -0.4 is 0 Å². The number of nitrogens with zero attached hydrogens (tertiary/aromatic N) is 5. The van der Waals surface area contributed by atoms with Gasteiger partial charge in [0, 0.05) is 45.1 Å². The number of aromatic nitrogens is 4. The summed E-state index contributed by atoms with van der Waals surface area (Å²) in [4.78, 5) is 28.0. The van der Waals surface area contributed by atoms with Gasteiger partial charge in [-0.05, 0) is 30.7 Å². The van der Waals surface area contributed by atoms with Gasteiger partial charge in [-0.2, -0.15) is 0 Å². The summed E-state index contributed by atoms with van der Waals surface area (Å²) in [5.74, 6) is 1.14. The molecule has 1 aliphatic rings. The SMILES string of the molecule is COCCn1c(C2CCN(C(=O)c3ccccn3)C2)nc2cccnc21. The second kappa shape index (κ2) is 7.21. The molecule has 0 aliphatic carbocycles. The molecule has 0 aromatic carbocycles. The van der Waals surface area contributed by atoms with Gasteiger partial charge in [0.25, 0.3) is 5.91 Å². The first-order chi connectivity index (χ1) is 12.8. The van der Waals surface area contributed by atoms with E-state index in [2.05, 4.69) is 14.5 Å². The summed E-state index contributed by atoms with van der Waals surface area (Å²) >= 11 is 0. The Bertz CT molecular complexity index is 909. The number of hydrogen-bond donors (Lipinski definition) is 0. The molecule has 0 N–H and O–H groups in total. The lowest BCUT2D eigenvalue weighted by molar-refractivity contribution is 0.0784. The van der Waals surface area contributed by atoms with Gasteiger partial charge in [-0.1, -0.05) is 6.07 Å². The van der Waals surface area contributed by atoms with Crippen molar-refractivity contribution < 1.29 is 9.53 Å². The number of amides is 1. The van der Waals surface area contributed by atoms with Crippen molar-refractivity contribution in [3.8, 4) is 0 Å². The quantitative estimate of drug-likeness (QED) is 0.704. The van der Waals surface area contributed by atoms with Crippen molar-refractivity contribution in [2.24, 2.45) is 0 Å². The smallest absolute Gasteiger partial charge is 0.272 e. The first kappa shape index (κ1) is 16.7. The van der Waals surface area contributed by atoms with Gasteiger partial charge in [-0.15, -0.1) is 0 Å². The molecule has 7 heteroatoms. The van der Waals surface area contributed by atoms with Gasteiger partial charge in [-0.25, -0.2) is 9.97 Å². The largest absolute Gasteiger partial charge is 0.383 e. The summed E-state index contributed by atoms with van der Waals surface area (Å²) in [5.41, 5.74) is 2.24. The van der Waals surface area contributed by atoms with Crippen LogP contribution in [0, 0.1) is 0 Å². The van der Waals surface area contributed by atoms with Gasteiger partial charge >= 0.3 is 0 Å². The van der Waals surface area contributed by atoms with Crippen molar-refractivity contribution in [2.45, 2.75) is 18.9 Å². The van der Waals surface area contributed by atoms with Gasteiger partial charge in [-0.3, -0.25) is 9.78 Å². The maximum Gasteiger partial charge on any atom is 0.272 e. The molecule has 1 amide bonds. The van der Waals surface area contributed by atoms with Crippen LogP contribution in [-0.4, -0.2) is 57.1 Å². The first-order valence-corrected chi connectivity index (χ1v) is 8.78. The summed E-state index contributed by atoms with van der Waals surface area (Å²) in [7, 11) is 1.69. The summed E-state index contributed by atoms with van der Waals surface area (Å²) < 4.78 is 7.37. The third-order valence-electron chi connectivity index (χ3n) is 4.78. The number of rotatable bonds is 5. The molecule has 3 aromatic heterocycles. The Kier molecular flexibility index (Phi) is 4.62. The van der Waals surface area contributed by atoms with E-state index >= 15 is 0 Å². The Balaban J connectivity index is 1.59. The first-order valence-electron chi connectivity index (χ1n) is 8.78. The number of ether oxygens (including phenoxy) is 1. The molecule has 0 radical (unpaired) electrons. The molecule has 4 heterocycles.